The molecule has 19 heavy (non-hydrogen) atoms. The zero-order chi connectivity index (χ0) is 13.8. The Morgan fingerprint density at radius 2 is 2.16 bits per heavy atom. The van der Waals surface area contributed by atoms with Gasteiger partial charge in [-0.1, -0.05) is 29.8 Å². The molecular weight excluding hydrogens is 242 g/mol. The summed E-state index contributed by atoms with van der Waals surface area (Å²) in [6.45, 7) is 4.27. The lowest BCUT2D eigenvalue weighted by Crippen LogP contribution is -2.10. The standard InChI is InChI=1S/C14H15N3O2/c1-9-4-3-5-11(6-9)7-16-13-12(14(18)19)8-15-10(2)17-13/h3-6,8H,7H2,1-2H3,(H,18,19)(H,15,16,17). The van der Waals surface area contributed by atoms with Crippen LogP contribution in [-0.2, 0) is 6.54 Å². The van der Waals surface area contributed by atoms with Gasteiger partial charge < -0.3 is 10.4 Å². The van der Waals surface area contributed by atoms with Crippen molar-refractivity contribution in [2.24, 2.45) is 0 Å². The Bertz CT molecular complexity index is 611. The first kappa shape index (κ1) is 13.0. The smallest absolute Gasteiger partial charge is 0.341 e. The summed E-state index contributed by atoms with van der Waals surface area (Å²) in [6.07, 6.45) is 1.32. The highest BCUT2D eigenvalue weighted by atomic mass is 16.4. The van der Waals surface area contributed by atoms with Crippen LogP contribution in [0.5, 0.6) is 0 Å². The number of carbonyl (C=O) groups is 1. The normalized spacial score (nSPS) is 10.2. The predicted molar refractivity (Wildman–Crippen MR) is 72.2 cm³/mol. The van der Waals surface area contributed by atoms with Gasteiger partial charge in [0.05, 0.1) is 0 Å². The van der Waals surface area contributed by atoms with Crippen LogP contribution < -0.4 is 5.32 Å². The first-order chi connectivity index (χ1) is 9.06. The van der Waals surface area contributed by atoms with E-state index in [2.05, 4.69) is 15.3 Å². The van der Waals surface area contributed by atoms with Crippen molar-refractivity contribution in [1.29, 1.82) is 0 Å². The summed E-state index contributed by atoms with van der Waals surface area (Å²) >= 11 is 0. The number of aromatic nitrogens is 2. The largest absolute Gasteiger partial charge is 0.477 e. The minimum absolute atomic E-state index is 0.0817. The maximum Gasteiger partial charge on any atom is 0.341 e. The summed E-state index contributed by atoms with van der Waals surface area (Å²) in [5, 5.41) is 12.1. The summed E-state index contributed by atoms with van der Waals surface area (Å²) in [6, 6.07) is 8.01. The highest BCUT2D eigenvalue weighted by Gasteiger charge is 2.12. The lowest BCUT2D eigenvalue weighted by atomic mass is 10.1. The van der Waals surface area contributed by atoms with Crippen molar-refractivity contribution < 1.29 is 9.90 Å². The van der Waals surface area contributed by atoms with Crippen LogP contribution in [0.25, 0.3) is 0 Å². The van der Waals surface area contributed by atoms with Crippen LogP contribution in [0.4, 0.5) is 5.82 Å². The lowest BCUT2D eigenvalue weighted by Gasteiger charge is -2.09. The molecule has 0 aliphatic carbocycles. The molecule has 0 amide bonds. The third-order valence-corrected chi connectivity index (χ3v) is 2.68. The van der Waals surface area contributed by atoms with Crippen LogP contribution in [-0.4, -0.2) is 21.0 Å². The van der Waals surface area contributed by atoms with Gasteiger partial charge in [-0.25, -0.2) is 14.8 Å². The van der Waals surface area contributed by atoms with E-state index in [0.717, 1.165) is 11.1 Å². The quantitative estimate of drug-likeness (QED) is 0.879. The second kappa shape index (κ2) is 5.48. The lowest BCUT2D eigenvalue weighted by molar-refractivity contribution is 0.0697. The maximum atomic E-state index is 11.1. The zero-order valence-corrected chi connectivity index (χ0v) is 10.8. The molecule has 0 bridgehead atoms. The summed E-state index contributed by atoms with van der Waals surface area (Å²) in [4.78, 5) is 19.1. The van der Waals surface area contributed by atoms with E-state index in [0.29, 0.717) is 18.2 Å². The molecule has 5 heteroatoms. The van der Waals surface area contributed by atoms with Crippen LogP contribution in [0.3, 0.4) is 0 Å². The molecule has 5 nitrogen and oxygen atoms in total. The predicted octanol–water partition coefficient (Wildman–Crippen LogP) is 2.40. The fourth-order valence-corrected chi connectivity index (χ4v) is 1.77. The second-order valence-electron chi connectivity index (χ2n) is 4.33. The number of anilines is 1. The van der Waals surface area contributed by atoms with Crippen molar-refractivity contribution in [3.63, 3.8) is 0 Å². The zero-order valence-electron chi connectivity index (χ0n) is 10.8. The summed E-state index contributed by atoms with van der Waals surface area (Å²) < 4.78 is 0. The minimum atomic E-state index is -1.04. The number of hydrogen-bond donors (Lipinski definition) is 2. The van der Waals surface area contributed by atoms with Crippen molar-refractivity contribution in [2.45, 2.75) is 20.4 Å². The van der Waals surface area contributed by atoms with Gasteiger partial charge >= 0.3 is 5.97 Å². The molecule has 1 heterocycles. The molecule has 0 saturated heterocycles. The molecular formula is C14H15N3O2. The molecule has 2 aromatic rings. The van der Waals surface area contributed by atoms with Crippen molar-refractivity contribution >= 4 is 11.8 Å². The molecule has 0 aliphatic rings. The van der Waals surface area contributed by atoms with Crippen molar-refractivity contribution in [3.05, 3.63) is 53.0 Å². The summed E-state index contributed by atoms with van der Waals surface area (Å²) in [5.74, 6) is -0.148. The Labute approximate surface area is 111 Å². The Morgan fingerprint density at radius 1 is 1.37 bits per heavy atom. The molecule has 0 saturated carbocycles. The Hall–Kier alpha value is -2.43. The summed E-state index contributed by atoms with van der Waals surface area (Å²) in [7, 11) is 0. The van der Waals surface area contributed by atoms with E-state index in [1.807, 2.05) is 31.2 Å². The van der Waals surface area contributed by atoms with Gasteiger partial charge in [-0.05, 0) is 19.4 Å². The van der Waals surface area contributed by atoms with E-state index >= 15 is 0 Å². The number of aryl methyl sites for hydroxylation is 2. The van der Waals surface area contributed by atoms with Gasteiger partial charge in [0.1, 0.15) is 17.2 Å². The van der Waals surface area contributed by atoms with Gasteiger partial charge in [0.15, 0.2) is 0 Å². The van der Waals surface area contributed by atoms with Crippen LogP contribution in [0.2, 0.25) is 0 Å². The van der Waals surface area contributed by atoms with Gasteiger partial charge in [0, 0.05) is 12.7 Å². The number of aromatic carboxylic acids is 1. The van der Waals surface area contributed by atoms with E-state index in [1.165, 1.54) is 6.20 Å². The van der Waals surface area contributed by atoms with Crippen molar-refractivity contribution in [2.75, 3.05) is 5.32 Å². The highest BCUT2D eigenvalue weighted by Crippen LogP contribution is 2.13. The Kier molecular flexibility index (Phi) is 3.75. The Balaban J connectivity index is 2.19. The molecule has 2 rings (SSSR count). The van der Waals surface area contributed by atoms with Crippen LogP contribution in [0.15, 0.2) is 30.5 Å². The average molecular weight is 257 g/mol. The number of benzene rings is 1. The monoisotopic (exact) mass is 257 g/mol. The number of nitrogens with zero attached hydrogens (tertiary/aromatic N) is 2. The molecule has 98 valence electrons. The van der Waals surface area contributed by atoms with Gasteiger partial charge in [0.25, 0.3) is 0 Å². The number of carboxylic acids is 1. The summed E-state index contributed by atoms with van der Waals surface area (Å²) in [5.41, 5.74) is 2.32. The topological polar surface area (TPSA) is 75.1 Å². The van der Waals surface area contributed by atoms with Gasteiger partial charge in [-0.3, -0.25) is 0 Å². The first-order valence-corrected chi connectivity index (χ1v) is 5.92. The molecule has 0 spiro atoms. The van der Waals surface area contributed by atoms with E-state index in [4.69, 9.17) is 5.11 Å². The SMILES string of the molecule is Cc1cccc(CNc2nc(C)ncc2C(=O)O)c1. The van der Waals surface area contributed by atoms with Crippen LogP contribution in [0, 0.1) is 13.8 Å². The van der Waals surface area contributed by atoms with Crippen molar-refractivity contribution in [3.8, 4) is 0 Å². The first-order valence-electron chi connectivity index (χ1n) is 5.92. The molecule has 0 radical (unpaired) electrons. The van der Waals surface area contributed by atoms with Gasteiger partial charge in [-0.2, -0.15) is 0 Å². The number of nitrogens with one attached hydrogen (secondary N) is 1. The van der Waals surface area contributed by atoms with Crippen molar-refractivity contribution in [1.82, 2.24) is 9.97 Å². The molecule has 0 atom stereocenters. The van der Waals surface area contributed by atoms with Gasteiger partial charge in [0.2, 0.25) is 0 Å². The van der Waals surface area contributed by atoms with Crippen LogP contribution in [0.1, 0.15) is 27.3 Å². The minimum Gasteiger partial charge on any atom is -0.477 e. The van der Waals surface area contributed by atoms with Gasteiger partial charge in [-0.15, -0.1) is 0 Å². The molecule has 2 N–H and O–H groups in total. The number of carboxylic acid groups (broad SMARTS) is 1. The maximum absolute atomic E-state index is 11.1. The average Bonchev–Trinajstić information content (AvgIpc) is 2.36. The third-order valence-electron chi connectivity index (χ3n) is 2.68. The molecule has 0 unspecified atom stereocenters. The van der Waals surface area contributed by atoms with E-state index in [1.54, 1.807) is 6.92 Å². The van der Waals surface area contributed by atoms with Crippen LogP contribution >= 0.6 is 0 Å². The van der Waals surface area contributed by atoms with E-state index < -0.39 is 5.97 Å². The fraction of sp³-hybridized carbons (Fsp3) is 0.214. The molecule has 1 aromatic carbocycles. The number of rotatable bonds is 4. The Morgan fingerprint density at radius 3 is 2.84 bits per heavy atom. The number of hydrogen-bond acceptors (Lipinski definition) is 4. The molecule has 0 aliphatic heterocycles. The van der Waals surface area contributed by atoms with E-state index in [9.17, 15) is 4.79 Å². The molecule has 1 aromatic heterocycles. The third kappa shape index (κ3) is 3.28. The second-order valence-corrected chi connectivity index (χ2v) is 4.33. The van der Waals surface area contributed by atoms with E-state index in [-0.39, 0.29) is 5.56 Å². The molecule has 0 fully saturated rings. The highest BCUT2D eigenvalue weighted by molar-refractivity contribution is 5.92. The fourth-order valence-electron chi connectivity index (χ4n) is 1.77.